The Morgan fingerprint density at radius 3 is 1.37 bits per heavy atom. The van der Waals surface area contributed by atoms with Crippen molar-refractivity contribution in [1.29, 1.82) is 0 Å². The molecule has 0 radical (unpaired) electrons. The van der Waals surface area contributed by atoms with E-state index in [0.717, 1.165) is 11.5 Å². The highest BCUT2D eigenvalue weighted by Gasteiger charge is 2.68. The van der Waals surface area contributed by atoms with Gasteiger partial charge >= 0.3 is 0 Å². The molecule has 3 aliphatic carbocycles. The minimum Gasteiger partial charge on any atom is -0.0891 e. The van der Waals surface area contributed by atoms with Crippen molar-refractivity contribution in [1.82, 2.24) is 0 Å². The predicted molar refractivity (Wildman–Crippen MR) is 204 cm³/mol. The summed E-state index contributed by atoms with van der Waals surface area (Å²) in [6.45, 7) is 4.59. The zero-order valence-electron chi connectivity index (χ0n) is 27.8. The molecule has 236 valence electrons. The van der Waals surface area contributed by atoms with Crippen molar-refractivity contribution >= 4 is 17.2 Å². The minimum atomic E-state index is -0.628. The van der Waals surface area contributed by atoms with Crippen molar-refractivity contribution in [2.45, 2.75) is 36.5 Å². The van der Waals surface area contributed by atoms with Gasteiger partial charge in [0.25, 0.3) is 0 Å². The molecule has 1 heteroatoms. The molecule has 0 bridgehead atoms. The maximum Gasteiger partial charge on any atom is 0.0696 e. The fourth-order valence-electron chi connectivity index (χ4n) is 9.93. The second-order valence-electron chi connectivity index (χ2n) is 13.9. The molecule has 6 aromatic carbocycles. The normalized spacial score (nSPS) is 21.0. The number of hydrogen-bond donors (Lipinski definition) is 0. The van der Waals surface area contributed by atoms with Crippen LogP contribution in [0, 0.1) is 0 Å². The van der Waals surface area contributed by atoms with E-state index in [9.17, 15) is 0 Å². The summed E-state index contributed by atoms with van der Waals surface area (Å²) in [5.74, 6) is 0. The van der Waals surface area contributed by atoms with Crippen LogP contribution in [-0.2, 0) is 16.2 Å². The molecule has 0 aromatic heterocycles. The third kappa shape index (κ3) is 3.93. The fraction of sp³-hybridized carbons (Fsp3) is 0.125. The van der Waals surface area contributed by atoms with E-state index in [2.05, 4.69) is 190 Å². The highest BCUT2D eigenvalue weighted by Crippen LogP contribution is 2.75. The smallest absolute Gasteiger partial charge is 0.0696 e. The second kappa shape index (κ2) is 11.2. The third-order valence-corrected chi connectivity index (χ3v) is 11.6. The Balaban J connectivity index is 1.57. The molecular formula is C48H37Cl. The van der Waals surface area contributed by atoms with E-state index >= 15 is 0 Å². The average molecular weight is 649 g/mol. The monoisotopic (exact) mass is 648 g/mol. The largest absolute Gasteiger partial charge is 0.0891 e. The van der Waals surface area contributed by atoms with Gasteiger partial charge in [-0.15, -0.1) is 0 Å². The molecule has 9 rings (SSSR count). The summed E-state index contributed by atoms with van der Waals surface area (Å²) in [5, 5.41) is 0.854. The number of halogens is 1. The van der Waals surface area contributed by atoms with E-state index in [0.29, 0.717) is 0 Å². The van der Waals surface area contributed by atoms with Crippen molar-refractivity contribution in [2.24, 2.45) is 0 Å². The molecular weight excluding hydrogens is 612 g/mol. The van der Waals surface area contributed by atoms with Crippen LogP contribution in [0.1, 0.15) is 59.2 Å². The maximum atomic E-state index is 7.42. The van der Waals surface area contributed by atoms with Gasteiger partial charge in [-0.05, 0) is 80.2 Å². The highest BCUT2D eigenvalue weighted by atomic mass is 35.5. The van der Waals surface area contributed by atoms with Crippen molar-refractivity contribution in [3.8, 4) is 0 Å². The summed E-state index contributed by atoms with van der Waals surface area (Å²) < 4.78 is 0. The second-order valence-corrected chi connectivity index (χ2v) is 14.5. The Kier molecular flexibility index (Phi) is 6.84. The van der Waals surface area contributed by atoms with Gasteiger partial charge in [0.15, 0.2) is 0 Å². The van der Waals surface area contributed by atoms with E-state index in [1.807, 2.05) is 0 Å². The Hall–Kier alpha value is -5.17. The van der Waals surface area contributed by atoms with Gasteiger partial charge < -0.3 is 0 Å². The summed E-state index contributed by atoms with van der Waals surface area (Å²) in [6, 6.07) is 65.0. The van der Waals surface area contributed by atoms with Crippen LogP contribution < -0.4 is 0 Å². The summed E-state index contributed by atoms with van der Waals surface area (Å²) in [7, 11) is 0. The average Bonchev–Trinajstić information content (AvgIpc) is 3.42. The summed E-state index contributed by atoms with van der Waals surface area (Å²) >= 11 is 7.42. The molecule has 49 heavy (non-hydrogen) atoms. The lowest BCUT2D eigenvalue weighted by atomic mass is 9.38. The topological polar surface area (TPSA) is 0 Å². The molecule has 0 saturated carbocycles. The van der Waals surface area contributed by atoms with Crippen LogP contribution in [-0.4, -0.2) is 0 Å². The first-order chi connectivity index (χ1) is 24.0. The van der Waals surface area contributed by atoms with Gasteiger partial charge in [-0.3, -0.25) is 0 Å². The van der Waals surface area contributed by atoms with E-state index in [4.69, 9.17) is 11.6 Å². The molecule has 0 amide bonds. The lowest BCUT2D eigenvalue weighted by Gasteiger charge is -2.63. The zero-order valence-corrected chi connectivity index (χ0v) is 28.6. The van der Waals surface area contributed by atoms with Crippen LogP contribution in [0.15, 0.2) is 203 Å². The van der Waals surface area contributed by atoms with Crippen molar-refractivity contribution in [3.05, 3.63) is 242 Å². The molecule has 0 aliphatic heterocycles. The van der Waals surface area contributed by atoms with E-state index in [1.54, 1.807) is 0 Å². The molecule has 0 N–H and O–H groups in total. The summed E-state index contributed by atoms with van der Waals surface area (Å²) in [6.07, 6.45) is 0.868. The van der Waals surface area contributed by atoms with E-state index in [-0.39, 0.29) is 5.41 Å². The summed E-state index contributed by atoms with van der Waals surface area (Å²) in [4.78, 5) is 0. The molecule has 0 nitrogen and oxygen atoms in total. The Labute approximate surface area is 294 Å². The highest BCUT2D eigenvalue weighted by molar-refractivity contribution is 6.30. The number of fused-ring (bicyclic) bond motifs is 3. The molecule has 0 heterocycles. The number of hydrogen-bond acceptors (Lipinski definition) is 0. The van der Waals surface area contributed by atoms with Gasteiger partial charge in [-0.1, -0.05) is 194 Å². The van der Waals surface area contributed by atoms with Crippen molar-refractivity contribution in [3.63, 3.8) is 0 Å². The first-order valence-electron chi connectivity index (χ1n) is 17.3. The Morgan fingerprint density at radius 1 is 0.490 bits per heavy atom. The zero-order chi connectivity index (χ0) is 33.2. The standard InChI is InChI=1S/C48H37Cl/c1-33(49)43-40-32-46(2)41-31-19-18-30-39(41)42(34-20-8-3-9-21-34)45(46)48(37-26-14-6-15-27-37,38-28-16-7-17-29-38)44(40)47(43,35-22-10-4-11-23-35)36-24-12-5-13-25-36/h3-31H,32H2,1-2H3/b43-33+. The van der Waals surface area contributed by atoms with Gasteiger partial charge in [0.1, 0.15) is 0 Å². The molecule has 6 aromatic rings. The van der Waals surface area contributed by atoms with Gasteiger partial charge in [0.05, 0.1) is 10.8 Å². The van der Waals surface area contributed by atoms with Gasteiger partial charge in [-0.25, -0.2) is 0 Å². The lowest BCUT2D eigenvalue weighted by Crippen LogP contribution is -2.58. The number of rotatable bonds is 5. The lowest BCUT2D eigenvalue weighted by molar-refractivity contribution is 0.390. The SMILES string of the molecule is C/C(Cl)=C1/C2=C(C(c3ccccc3)(c3ccccc3)C3=C(c4ccccc4)c4ccccc4C3(C)C2)C1(c1ccccc1)c1ccccc1. The first-order valence-corrected chi connectivity index (χ1v) is 17.7. The van der Waals surface area contributed by atoms with Gasteiger partial charge in [0.2, 0.25) is 0 Å². The molecule has 0 fully saturated rings. The molecule has 1 unspecified atom stereocenters. The molecule has 0 saturated heterocycles. The molecule has 0 spiro atoms. The van der Waals surface area contributed by atoms with Crippen LogP contribution in [0.3, 0.4) is 0 Å². The van der Waals surface area contributed by atoms with Crippen molar-refractivity contribution in [2.75, 3.05) is 0 Å². The van der Waals surface area contributed by atoms with E-state index in [1.165, 1.54) is 66.8 Å². The third-order valence-electron chi connectivity index (χ3n) is 11.5. The van der Waals surface area contributed by atoms with Gasteiger partial charge in [-0.2, -0.15) is 0 Å². The van der Waals surface area contributed by atoms with Crippen LogP contribution in [0.4, 0.5) is 0 Å². The van der Waals surface area contributed by atoms with Gasteiger partial charge in [0, 0.05) is 10.4 Å². The van der Waals surface area contributed by atoms with Crippen LogP contribution >= 0.6 is 11.6 Å². The van der Waals surface area contributed by atoms with Crippen LogP contribution in [0.5, 0.6) is 0 Å². The minimum absolute atomic E-state index is 0.302. The Bertz CT molecular complexity index is 2210. The summed E-state index contributed by atoms with van der Waals surface area (Å²) in [5.41, 5.74) is 14.3. The van der Waals surface area contributed by atoms with Crippen LogP contribution in [0.25, 0.3) is 5.57 Å². The molecule has 1 atom stereocenters. The predicted octanol–water partition coefficient (Wildman–Crippen LogP) is 12.0. The van der Waals surface area contributed by atoms with Crippen LogP contribution in [0.2, 0.25) is 0 Å². The quantitative estimate of drug-likeness (QED) is 0.174. The maximum absolute atomic E-state index is 7.42. The van der Waals surface area contributed by atoms with E-state index < -0.39 is 10.8 Å². The Morgan fingerprint density at radius 2 is 0.898 bits per heavy atom. The molecule has 3 aliphatic rings. The first kappa shape index (κ1) is 29.9. The fourth-order valence-corrected chi connectivity index (χ4v) is 10.2. The number of allylic oxidation sites excluding steroid dienone is 5. The number of benzene rings is 6. The van der Waals surface area contributed by atoms with Crippen molar-refractivity contribution < 1.29 is 0 Å².